The summed E-state index contributed by atoms with van der Waals surface area (Å²) in [6.45, 7) is 5.96. The maximum Gasteiger partial charge on any atom is 0.573 e. The minimum atomic E-state index is -4.75. The van der Waals surface area contributed by atoms with Crippen molar-refractivity contribution >= 4 is 22.9 Å². The lowest BCUT2D eigenvalue weighted by atomic mass is 10.1. The first kappa shape index (κ1) is 29.5. The van der Waals surface area contributed by atoms with Crippen LogP contribution >= 0.6 is 11.3 Å². The molecule has 2 amide bonds. The largest absolute Gasteiger partial charge is 0.573 e. The van der Waals surface area contributed by atoms with Crippen LogP contribution in [0.4, 0.5) is 18.0 Å². The molecule has 0 unspecified atom stereocenters. The number of carbonyl (C=O) groups is 1. The summed E-state index contributed by atoms with van der Waals surface area (Å²) in [7, 11) is 0. The van der Waals surface area contributed by atoms with Crippen LogP contribution < -0.4 is 14.9 Å². The number of aryl methyl sites for hydroxylation is 2. The van der Waals surface area contributed by atoms with Crippen molar-refractivity contribution in [2.75, 3.05) is 0 Å². The molecule has 0 aliphatic carbocycles. The van der Waals surface area contributed by atoms with Crippen molar-refractivity contribution in [1.82, 2.24) is 24.6 Å². The van der Waals surface area contributed by atoms with E-state index in [2.05, 4.69) is 38.1 Å². The second kappa shape index (κ2) is 12.5. The number of ether oxygens (including phenoxy) is 1. The Kier molecular flexibility index (Phi) is 8.58. The number of hydrogen-bond donors (Lipinski definition) is 1. The van der Waals surface area contributed by atoms with Gasteiger partial charge in [-0.1, -0.05) is 49.4 Å². The molecule has 0 fully saturated rings. The molecule has 2 aromatic heterocycles. The highest BCUT2D eigenvalue weighted by Crippen LogP contribution is 2.24. The van der Waals surface area contributed by atoms with Crippen LogP contribution in [0.3, 0.4) is 0 Å². The van der Waals surface area contributed by atoms with E-state index in [0.29, 0.717) is 16.3 Å². The minimum absolute atomic E-state index is 0.316. The Bertz CT molecular complexity index is 1830. The molecule has 5 rings (SSSR count). The van der Waals surface area contributed by atoms with Gasteiger partial charge in [0.05, 0.1) is 11.4 Å². The topological polar surface area (TPSA) is 86.3 Å². The molecule has 0 saturated heterocycles. The first-order valence-corrected chi connectivity index (χ1v) is 14.2. The van der Waals surface area contributed by atoms with E-state index in [9.17, 15) is 18.0 Å². The molecule has 1 N–H and O–H groups in total. The molecule has 0 radical (unpaired) electrons. The lowest BCUT2D eigenvalue weighted by Crippen LogP contribution is -2.21. The van der Waals surface area contributed by atoms with Crippen LogP contribution in [-0.4, -0.2) is 31.7 Å². The highest BCUT2D eigenvalue weighted by Gasteiger charge is 2.31. The Labute approximate surface area is 249 Å². The van der Waals surface area contributed by atoms with Crippen molar-refractivity contribution < 1.29 is 22.7 Å². The van der Waals surface area contributed by atoms with Crippen LogP contribution in [0, 0.1) is 6.92 Å². The number of nitrogens with one attached hydrogen (secondary N) is 1. The third-order valence-corrected chi connectivity index (χ3v) is 7.47. The van der Waals surface area contributed by atoms with E-state index in [1.165, 1.54) is 52.2 Å². The van der Waals surface area contributed by atoms with Crippen LogP contribution in [0.1, 0.15) is 30.7 Å². The molecule has 5 aromatic rings. The van der Waals surface area contributed by atoms with Crippen molar-refractivity contribution in [2.45, 2.75) is 33.6 Å². The number of aromatic nitrogens is 4. The number of para-hydroxylation sites is 1. The van der Waals surface area contributed by atoms with Gasteiger partial charge in [-0.15, -0.1) is 29.6 Å². The molecule has 0 aliphatic heterocycles. The van der Waals surface area contributed by atoms with Gasteiger partial charge in [-0.05, 0) is 67.3 Å². The van der Waals surface area contributed by atoms with Crippen LogP contribution in [0.25, 0.3) is 28.3 Å². The van der Waals surface area contributed by atoms with E-state index in [1.54, 1.807) is 6.20 Å². The van der Waals surface area contributed by atoms with E-state index in [4.69, 9.17) is 0 Å². The smallest absolute Gasteiger partial charge is 0.406 e. The van der Waals surface area contributed by atoms with Gasteiger partial charge >= 0.3 is 12.4 Å². The summed E-state index contributed by atoms with van der Waals surface area (Å²) in [6, 6.07) is 20.4. The molecular weight excluding hydrogens is 577 g/mol. The third-order valence-electron chi connectivity index (χ3n) is 6.53. The van der Waals surface area contributed by atoms with Crippen molar-refractivity contribution in [1.29, 1.82) is 0 Å². The number of halogens is 3. The van der Waals surface area contributed by atoms with E-state index in [1.807, 2.05) is 66.3 Å². The molecule has 0 spiro atoms. The second-order valence-electron chi connectivity index (χ2n) is 9.50. The zero-order chi connectivity index (χ0) is 30.6. The maximum atomic E-state index is 12.7. The van der Waals surface area contributed by atoms with E-state index >= 15 is 0 Å². The first-order valence-electron chi connectivity index (χ1n) is 13.3. The molecule has 220 valence electrons. The summed E-state index contributed by atoms with van der Waals surface area (Å²) in [6.07, 6.45) is -0.797. The van der Waals surface area contributed by atoms with Gasteiger partial charge in [-0.2, -0.15) is 4.99 Å². The molecular formula is C31H27F3N6O2S. The molecule has 0 bridgehead atoms. The van der Waals surface area contributed by atoms with Gasteiger partial charge in [0.2, 0.25) is 0 Å². The highest BCUT2D eigenvalue weighted by atomic mass is 32.1. The molecule has 12 heteroatoms. The fourth-order valence-electron chi connectivity index (χ4n) is 4.37. The van der Waals surface area contributed by atoms with Gasteiger partial charge < -0.3 is 10.1 Å². The average molecular weight is 605 g/mol. The standard InChI is InChI=1S/C31H27F3N6O2S/c1-4-22-7-5-6-8-27(22)40-21(3)18-43-30(40)37-29(41)35-17-20(2)23-9-11-24(12-10-23)28-36-19-39(38-28)25-13-15-26(16-14-25)42-31(32,33)34/h5-19H,4H2,1-3H3,(H,35,41)/b20-17+,37-30-. The van der Waals surface area contributed by atoms with Gasteiger partial charge in [0.25, 0.3) is 0 Å². The molecule has 3 aromatic carbocycles. The Hall–Kier alpha value is -4.97. The number of allylic oxidation sites excluding steroid dienone is 1. The normalized spacial score (nSPS) is 12.4. The minimum Gasteiger partial charge on any atom is -0.406 e. The van der Waals surface area contributed by atoms with Gasteiger partial charge in [0.15, 0.2) is 10.6 Å². The predicted octanol–water partition coefficient (Wildman–Crippen LogP) is 7.23. The van der Waals surface area contributed by atoms with Gasteiger partial charge in [0, 0.05) is 22.8 Å². The molecule has 2 heterocycles. The molecule has 43 heavy (non-hydrogen) atoms. The Balaban J connectivity index is 1.26. The number of benzene rings is 3. The molecule has 0 aliphatic rings. The van der Waals surface area contributed by atoms with Gasteiger partial charge in [-0.25, -0.2) is 14.5 Å². The number of amides is 2. The predicted molar refractivity (Wildman–Crippen MR) is 159 cm³/mol. The monoisotopic (exact) mass is 604 g/mol. The summed E-state index contributed by atoms with van der Waals surface area (Å²) in [5, 5.41) is 9.16. The lowest BCUT2D eigenvalue weighted by molar-refractivity contribution is -0.274. The lowest BCUT2D eigenvalue weighted by Gasteiger charge is -2.10. The number of carbonyl (C=O) groups excluding carboxylic acids is 1. The summed E-state index contributed by atoms with van der Waals surface area (Å²) in [5.74, 6) is 0.128. The number of urea groups is 1. The van der Waals surface area contributed by atoms with Crippen LogP contribution in [-0.2, 0) is 6.42 Å². The quantitative estimate of drug-likeness (QED) is 0.212. The zero-order valence-corrected chi connectivity index (χ0v) is 24.3. The van der Waals surface area contributed by atoms with Crippen molar-refractivity contribution in [3.63, 3.8) is 0 Å². The average Bonchev–Trinajstić information content (AvgIpc) is 3.62. The Morgan fingerprint density at radius 1 is 1.07 bits per heavy atom. The number of hydrogen-bond acceptors (Lipinski definition) is 5. The van der Waals surface area contributed by atoms with E-state index < -0.39 is 12.4 Å². The van der Waals surface area contributed by atoms with Crippen molar-refractivity contribution in [2.24, 2.45) is 4.99 Å². The summed E-state index contributed by atoms with van der Waals surface area (Å²) >= 11 is 1.41. The number of alkyl halides is 3. The molecule has 8 nitrogen and oxygen atoms in total. The Morgan fingerprint density at radius 2 is 1.79 bits per heavy atom. The van der Waals surface area contributed by atoms with Crippen molar-refractivity contribution in [3.05, 3.63) is 112 Å². The van der Waals surface area contributed by atoms with E-state index in [0.717, 1.165) is 34.5 Å². The Morgan fingerprint density at radius 3 is 2.49 bits per heavy atom. The fraction of sp³-hybridized carbons (Fsp3) is 0.161. The zero-order valence-electron chi connectivity index (χ0n) is 23.5. The number of thiazole rings is 1. The number of nitrogens with zero attached hydrogens (tertiary/aromatic N) is 5. The summed E-state index contributed by atoms with van der Waals surface area (Å²) in [4.78, 5) is 21.9. The van der Waals surface area contributed by atoms with Gasteiger partial charge in [-0.3, -0.25) is 4.57 Å². The third kappa shape index (κ3) is 7.09. The first-order chi connectivity index (χ1) is 20.6. The van der Waals surface area contributed by atoms with Crippen LogP contribution in [0.15, 0.2) is 95.7 Å². The van der Waals surface area contributed by atoms with Crippen LogP contribution in [0.2, 0.25) is 0 Å². The summed E-state index contributed by atoms with van der Waals surface area (Å²) in [5.41, 5.74) is 6.15. The van der Waals surface area contributed by atoms with Crippen LogP contribution in [0.5, 0.6) is 5.75 Å². The second-order valence-corrected chi connectivity index (χ2v) is 10.3. The van der Waals surface area contributed by atoms with E-state index in [-0.39, 0.29) is 5.75 Å². The SMILES string of the molecule is CCc1ccccc1-n1c(C)cs/c1=N\C(=O)N/C=C(\C)c1ccc(-c2ncn(-c3ccc(OC(F)(F)F)cc3)n2)cc1. The number of rotatable bonds is 7. The molecule has 0 atom stereocenters. The van der Waals surface area contributed by atoms with Gasteiger partial charge in [0.1, 0.15) is 12.1 Å². The van der Waals surface area contributed by atoms with Crippen molar-refractivity contribution in [3.8, 4) is 28.5 Å². The molecule has 0 saturated carbocycles. The maximum absolute atomic E-state index is 12.7. The fourth-order valence-corrected chi connectivity index (χ4v) is 5.23. The summed E-state index contributed by atoms with van der Waals surface area (Å²) < 4.78 is 44.6. The highest BCUT2D eigenvalue weighted by molar-refractivity contribution is 7.07.